The van der Waals surface area contributed by atoms with Gasteiger partial charge in [0.2, 0.25) is 11.9 Å². The van der Waals surface area contributed by atoms with Crippen LogP contribution in [0.1, 0.15) is 42.1 Å². The van der Waals surface area contributed by atoms with Gasteiger partial charge in [-0.15, -0.1) is 0 Å². The number of phenolic OH excluding ortho intramolecular Hbond substituents is 1. The molecule has 0 aromatic heterocycles. The molecule has 2 aliphatic carbocycles. The fourth-order valence-electron chi connectivity index (χ4n) is 5.97. The number of fused-ring (bicyclic) bond motifs is 2. The van der Waals surface area contributed by atoms with Crippen molar-refractivity contribution >= 4 is 33.5 Å². The zero-order chi connectivity index (χ0) is 26.6. The molecule has 2 fully saturated rings. The molecule has 4 atom stereocenters. The third kappa shape index (κ3) is 3.85. The average Bonchev–Trinajstić information content (AvgIpc) is 3.66. The molecule has 2 aliphatic heterocycles. The Morgan fingerprint density at radius 2 is 1.92 bits per heavy atom. The van der Waals surface area contributed by atoms with E-state index in [1.807, 2.05) is 13.0 Å². The number of alkyl halides is 1. The Labute approximate surface area is 223 Å². The van der Waals surface area contributed by atoms with E-state index in [9.17, 15) is 15.0 Å². The predicted octanol–water partition coefficient (Wildman–Crippen LogP) is 1.08. The summed E-state index contributed by atoms with van der Waals surface area (Å²) >= 11 is 3.38. The quantitative estimate of drug-likeness (QED) is 0.247. The van der Waals surface area contributed by atoms with Gasteiger partial charge in [-0.05, 0) is 18.8 Å². The van der Waals surface area contributed by atoms with Gasteiger partial charge in [-0.1, -0.05) is 28.9 Å². The topological polar surface area (TPSA) is 125 Å². The number of phenols is 1. The minimum atomic E-state index is -2.02. The first-order valence-electron chi connectivity index (χ1n) is 12.4. The molecule has 1 spiro atoms. The van der Waals surface area contributed by atoms with Gasteiger partial charge in [-0.25, -0.2) is 0 Å². The number of aromatic hydroxyl groups is 1. The standard InChI is InChI=1S/C26H33BrO10/c1-14-10-16-20(21(29)19-15(22(16)31-2)6-5-7-17(19)28)18(11-14)37-25(34-9-8-27)13-36-26(30,23(32-3)33-4)24(25)12-35-24/h10,14,23,29-30H,5-9,11-13H2,1-4H3. The summed E-state index contributed by atoms with van der Waals surface area (Å²) in [6, 6.07) is 0. The highest BCUT2D eigenvalue weighted by molar-refractivity contribution is 9.09. The Hall–Kier alpha value is -1.73. The van der Waals surface area contributed by atoms with Crippen molar-refractivity contribution < 1.29 is 48.2 Å². The lowest BCUT2D eigenvalue weighted by Gasteiger charge is -2.39. The zero-order valence-corrected chi connectivity index (χ0v) is 23.0. The van der Waals surface area contributed by atoms with Crippen LogP contribution in [0.4, 0.5) is 0 Å². The van der Waals surface area contributed by atoms with Gasteiger partial charge in [-0.2, -0.15) is 0 Å². The molecule has 0 amide bonds. The molecule has 37 heavy (non-hydrogen) atoms. The summed E-state index contributed by atoms with van der Waals surface area (Å²) < 4.78 is 41.1. The normalized spacial score (nSPS) is 32.4. The van der Waals surface area contributed by atoms with E-state index in [4.69, 9.17) is 33.2 Å². The third-order valence-electron chi connectivity index (χ3n) is 7.67. The van der Waals surface area contributed by atoms with Crippen LogP contribution in [0.5, 0.6) is 11.5 Å². The van der Waals surface area contributed by atoms with Gasteiger partial charge < -0.3 is 43.4 Å². The van der Waals surface area contributed by atoms with Crippen molar-refractivity contribution in [1.29, 1.82) is 0 Å². The maximum atomic E-state index is 12.9. The van der Waals surface area contributed by atoms with Crippen molar-refractivity contribution in [2.45, 2.75) is 56.1 Å². The van der Waals surface area contributed by atoms with Crippen LogP contribution >= 0.6 is 15.9 Å². The first-order chi connectivity index (χ1) is 17.7. The van der Waals surface area contributed by atoms with E-state index in [-0.39, 0.29) is 42.8 Å². The summed E-state index contributed by atoms with van der Waals surface area (Å²) in [5, 5.41) is 24.6. The predicted molar refractivity (Wildman–Crippen MR) is 134 cm³/mol. The molecule has 1 aromatic rings. The van der Waals surface area contributed by atoms with Crippen LogP contribution in [0.25, 0.3) is 11.8 Å². The molecule has 11 heteroatoms. The third-order valence-corrected chi connectivity index (χ3v) is 8.00. The minimum absolute atomic E-state index is 0.0179. The zero-order valence-electron chi connectivity index (χ0n) is 21.4. The molecule has 4 unspecified atom stereocenters. The average molecular weight is 585 g/mol. The van der Waals surface area contributed by atoms with Gasteiger partial charge in [0, 0.05) is 43.2 Å². The minimum Gasteiger partial charge on any atom is -0.506 e. The van der Waals surface area contributed by atoms with Gasteiger partial charge in [-0.3, -0.25) is 4.79 Å². The number of carbonyl (C=O) groups is 1. The highest BCUT2D eigenvalue weighted by Crippen LogP contribution is 2.58. The lowest BCUT2D eigenvalue weighted by Crippen LogP contribution is -2.62. The largest absolute Gasteiger partial charge is 0.506 e. The van der Waals surface area contributed by atoms with Crippen LogP contribution in [-0.2, 0) is 34.8 Å². The fourth-order valence-corrected chi connectivity index (χ4v) is 6.13. The molecule has 2 heterocycles. The molecular formula is C26H33BrO10. The first kappa shape index (κ1) is 26.9. The summed E-state index contributed by atoms with van der Waals surface area (Å²) in [5.41, 5.74) is -0.467. The Bertz CT molecular complexity index is 1210. The summed E-state index contributed by atoms with van der Waals surface area (Å²) in [4.78, 5) is 12.9. The number of ketones is 1. The number of Topliss-reactive ketones (excluding diaryl/α,β-unsaturated/α-hetero) is 1. The molecule has 0 bridgehead atoms. The second kappa shape index (κ2) is 9.78. The number of rotatable bonds is 9. The SMILES string of the molecule is COc1c2c(c(O)c3c1=CC(C)CC=3OC1(OCCBr)COC(O)(C(OC)OC)C13CO3)C(=O)CCC2. The Balaban J connectivity index is 1.72. The van der Waals surface area contributed by atoms with Gasteiger partial charge >= 0.3 is 0 Å². The number of hydrogen-bond acceptors (Lipinski definition) is 10. The van der Waals surface area contributed by atoms with Crippen molar-refractivity contribution in [3.63, 3.8) is 0 Å². The number of hydrogen-bond donors (Lipinski definition) is 2. The van der Waals surface area contributed by atoms with E-state index in [1.54, 1.807) is 7.11 Å². The van der Waals surface area contributed by atoms with Crippen LogP contribution in [0, 0.1) is 5.92 Å². The van der Waals surface area contributed by atoms with E-state index in [0.29, 0.717) is 58.5 Å². The van der Waals surface area contributed by atoms with Crippen molar-refractivity contribution in [2.75, 3.05) is 46.5 Å². The maximum absolute atomic E-state index is 12.9. The highest BCUT2D eigenvalue weighted by Gasteiger charge is 2.84. The van der Waals surface area contributed by atoms with Crippen molar-refractivity contribution in [1.82, 2.24) is 0 Å². The first-order valence-corrected chi connectivity index (χ1v) is 13.5. The van der Waals surface area contributed by atoms with E-state index in [1.165, 1.54) is 14.2 Å². The van der Waals surface area contributed by atoms with Crippen LogP contribution in [0.2, 0.25) is 0 Å². The maximum Gasteiger partial charge on any atom is 0.271 e. The summed E-state index contributed by atoms with van der Waals surface area (Å²) in [6.45, 7) is 2.11. The van der Waals surface area contributed by atoms with Gasteiger partial charge in [0.15, 0.2) is 5.78 Å². The number of aliphatic hydroxyl groups is 1. The molecule has 204 valence electrons. The van der Waals surface area contributed by atoms with Crippen molar-refractivity contribution in [2.24, 2.45) is 5.92 Å². The number of benzene rings is 1. The van der Waals surface area contributed by atoms with E-state index in [0.717, 1.165) is 0 Å². The van der Waals surface area contributed by atoms with Gasteiger partial charge in [0.1, 0.15) is 23.9 Å². The second-order valence-electron chi connectivity index (χ2n) is 9.87. The molecular weight excluding hydrogens is 552 g/mol. The Morgan fingerprint density at radius 3 is 2.54 bits per heavy atom. The van der Waals surface area contributed by atoms with Gasteiger partial charge in [0.25, 0.3) is 11.6 Å². The molecule has 0 radical (unpaired) electrons. The molecule has 5 rings (SSSR count). The van der Waals surface area contributed by atoms with Crippen LogP contribution in [0.3, 0.4) is 0 Å². The summed E-state index contributed by atoms with van der Waals surface area (Å²) in [7, 11) is 4.34. The van der Waals surface area contributed by atoms with E-state index >= 15 is 0 Å². The van der Waals surface area contributed by atoms with Crippen molar-refractivity contribution in [3.05, 3.63) is 21.6 Å². The number of halogens is 1. The van der Waals surface area contributed by atoms with Crippen LogP contribution in [-0.4, -0.2) is 85.9 Å². The molecule has 0 saturated carbocycles. The highest BCUT2D eigenvalue weighted by atomic mass is 79.9. The molecule has 1 aromatic carbocycles. The molecule has 2 N–H and O–H groups in total. The lowest BCUT2D eigenvalue weighted by atomic mass is 9.85. The number of methoxy groups -OCH3 is 3. The Kier molecular flexibility index (Phi) is 7.10. The smallest absolute Gasteiger partial charge is 0.271 e. The molecule has 4 aliphatic rings. The van der Waals surface area contributed by atoms with E-state index < -0.39 is 23.5 Å². The van der Waals surface area contributed by atoms with Crippen LogP contribution < -0.4 is 15.2 Å². The Morgan fingerprint density at radius 1 is 1.19 bits per heavy atom. The lowest BCUT2D eigenvalue weighted by molar-refractivity contribution is -0.331. The second-order valence-corrected chi connectivity index (χ2v) is 10.7. The fraction of sp³-hybridized carbons (Fsp3) is 0.654. The van der Waals surface area contributed by atoms with Crippen LogP contribution in [0.15, 0.2) is 0 Å². The number of epoxide rings is 1. The van der Waals surface area contributed by atoms with Gasteiger partial charge in [0.05, 0.1) is 31.1 Å². The number of carbonyl (C=O) groups excluding carboxylic acids is 1. The monoisotopic (exact) mass is 584 g/mol. The summed E-state index contributed by atoms with van der Waals surface area (Å²) in [6.07, 6.45) is 2.93. The number of ether oxygens (including phenoxy) is 7. The molecule has 2 saturated heterocycles. The van der Waals surface area contributed by atoms with E-state index in [2.05, 4.69) is 15.9 Å². The van der Waals surface area contributed by atoms with Crippen molar-refractivity contribution in [3.8, 4) is 11.5 Å². The molecule has 10 nitrogen and oxygen atoms in total. The summed E-state index contributed by atoms with van der Waals surface area (Å²) in [5.74, 6) is -2.90.